The smallest absolute Gasteiger partial charge is 0.366 e. The summed E-state index contributed by atoms with van der Waals surface area (Å²) in [7, 11) is 0. The minimum atomic E-state index is -4.41. The van der Waals surface area contributed by atoms with Crippen molar-refractivity contribution in [3.8, 4) is 11.1 Å². The molecule has 0 saturated carbocycles. The summed E-state index contributed by atoms with van der Waals surface area (Å²) in [6.07, 6.45) is -2.10. The number of rotatable bonds is 7. The van der Waals surface area contributed by atoms with Gasteiger partial charge in [0, 0.05) is 23.5 Å². The zero-order valence-corrected chi connectivity index (χ0v) is 17.1. The number of aromatic nitrogens is 1. The summed E-state index contributed by atoms with van der Waals surface area (Å²) in [5, 5.41) is 0. The molecule has 0 fully saturated rings. The van der Waals surface area contributed by atoms with Crippen molar-refractivity contribution in [2.45, 2.75) is 45.8 Å². The minimum Gasteiger partial charge on any atom is -0.366 e. The maximum Gasteiger partial charge on any atom is 0.416 e. The summed E-state index contributed by atoms with van der Waals surface area (Å²) in [4.78, 5) is 12.3. The van der Waals surface area contributed by atoms with Gasteiger partial charge in [0.2, 0.25) is 0 Å². The topological polar surface area (TPSA) is 48.0 Å². The Morgan fingerprint density at radius 3 is 2.17 bits per heavy atom. The highest BCUT2D eigenvalue weighted by Crippen LogP contribution is 2.36. The van der Waals surface area contributed by atoms with Gasteiger partial charge in [0.05, 0.1) is 11.1 Å². The minimum absolute atomic E-state index is 0.381. The number of benzene rings is 2. The van der Waals surface area contributed by atoms with Crippen LogP contribution in [0.3, 0.4) is 0 Å². The molecule has 0 aliphatic carbocycles. The first-order valence-corrected chi connectivity index (χ1v) is 9.97. The van der Waals surface area contributed by atoms with Gasteiger partial charge in [-0.25, -0.2) is 0 Å². The van der Waals surface area contributed by atoms with Crippen molar-refractivity contribution in [2.75, 3.05) is 0 Å². The number of alkyl halides is 3. The first-order chi connectivity index (χ1) is 14.2. The van der Waals surface area contributed by atoms with E-state index in [1.54, 1.807) is 0 Å². The third kappa shape index (κ3) is 4.42. The summed E-state index contributed by atoms with van der Waals surface area (Å²) < 4.78 is 41.0. The Hall–Kier alpha value is -3.02. The quantitative estimate of drug-likeness (QED) is 0.524. The Morgan fingerprint density at radius 2 is 1.63 bits per heavy atom. The van der Waals surface area contributed by atoms with Crippen LogP contribution in [-0.2, 0) is 25.6 Å². The average Bonchev–Trinajstić information content (AvgIpc) is 2.98. The van der Waals surface area contributed by atoms with E-state index in [9.17, 15) is 18.0 Å². The van der Waals surface area contributed by atoms with E-state index < -0.39 is 17.6 Å². The fraction of sp³-hybridized carbons (Fsp3) is 0.292. The van der Waals surface area contributed by atoms with Gasteiger partial charge in [0.25, 0.3) is 5.91 Å². The second-order valence-corrected chi connectivity index (χ2v) is 7.36. The maximum atomic E-state index is 13.0. The van der Waals surface area contributed by atoms with Crippen LogP contribution in [0.5, 0.6) is 0 Å². The van der Waals surface area contributed by atoms with Crippen LogP contribution in [0.4, 0.5) is 13.2 Å². The molecule has 30 heavy (non-hydrogen) atoms. The van der Waals surface area contributed by atoms with Crippen molar-refractivity contribution >= 4 is 5.91 Å². The van der Waals surface area contributed by atoms with E-state index in [4.69, 9.17) is 5.73 Å². The summed E-state index contributed by atoms with van der Waals surface area (Å²) in [6, 6.07) is 14.9. The molecule has 0 spiro atoms. The van der Waals surface area contributed by atoms with Crippen LogP contribution in [0, 0.1) is 6.92 Å². The Bertz CT molecular complexity index is 1020. The van der Waals surface area contributed by atoms with E-state index in [0.717, 1.165) is 36.4 Å². The summed E-state index contributed by atoms with van der Waals surface area (Å²) >= 11 is 0. The molecule has 0 bridgehead atoms. The molecule has 158 valence electrons. The highest BCUT2D eigenvalue weighted by Gasteiger charge is 2.31. The SMILES string of the molecule is CCCc1c(-c2ccc(C(F)(F)F)cc2)c(C(N)=O)c(C)n1CCc1ccccc1. The molecule has 0 atom stereocenters. The normalized spacial score (nSPS) is 11.6. The summed E-state index contributed by atoms with van der Waals surface area (Å²) in [5.41, 5.74) is 9.43. The number of nitrogens with two attached hydrogens (primary N) is 1. The molecule has 1 aromatic heterocycles. The second kappa shape index (κ2) is 8.78. The third-order valence-corrected chi connectivity index (χ3v) is 5.33. The van der Waals surface area contributed by atoms with Gasteiger partial charge in [-0.1, -0.05) is 55.8 Å². The van der Waals surface area contributed by atoms with Gasteiger partial charge < -0.3 is 10.3 Å². The second-order valence-electron chi connectivity index (χ2n) is 7.36. The molecule has 0 unspecified atom stereocenters. The monoisotopic (exact) mass is 414 g/mol. The molecule has 3 aromatic rings. The maximum absolute atomic E-state index is 13.0. The molecule has 2 aromatic carbocycles. The molecule has 0 radical (unpaired) electrons. The van der Waals surface area contributed by atoms with E-state index in [1.165, 1.54) is 17.7 Å². The van der Waals surface area contributed by atoms with Crippen molar-refractivity contribution in [1.82, 2.24) is 4.57 Å². The van der Waals surface area contributed by atoms with Gasteiger partial charge in [-0.05, 0) is 43.0 Å². The molecule has 1 heterocycles. The Kier molecular flexibility index (Phi) is 6.34. The number of amides is 1. The fourth-order valence-electron chi connectivity index (χ4n) is 3.92. The number of carbonyl (C=O) groups excluding carboxylic acids is 1. The molecule has 0 aliphatic heterocycles. The van der Waals surface area contributed by atoms with Crippen LogP contribution in [-0.4, -0.2) is 10.5 Å². The van der Waals surface area contributed by atoms with Crippen LogP contribution in [0.2, 0.25) is 0 Å². The Labute approximate surface area is 174 Å². The summed E-state index contributed by atoms with van der Waals surface area (Å²) in [6.45, 7) is 4.54. The van der Waals surface area contributed by atoms with E-state index in [1.807, 2.05) is 44.2 Å². The Balaban J connectivity index is 2.10. The van der Waals surface area contributed by atoms with Crippen molar-refractivity contribution in [3.05, 3.63) is 82.7 Å². The van der Waals surface area contributed by atoms with E-state index >= 15 is 0 Å². The molecule has 1 amide bonds. The van der Waals surface area contributed by atoms with Crippen LogP contribution in [0.15, 0.2) is 54.6 Å². The van der Waals surface area contributed by atoms with E-state index in [-0.39, 0.29) is 0 Å². The number of nitrogens with zero attached hydrogens (tertiary/aromatic N) is 1. The van der Waals surface area contributed by atoms with Crippen molar-refractivity contribution in [3.63, 3.8) is 0 Å². The zero-order chi connectivity index (χ0) is 21.9. The molecule has 0 saturated heterocycles. The highest BCUT2D eigenvalue weighted by molar-refractivity contribution is 6.02. The van der Waals surface area contributed by atoms with E-state index in [2.05, 4.69) is 4.57 Å². The molecule has 0 aliphatic rings. The number of hydrogen-bond donors (Lipinski definition) is 1. The van der Waals surface area contributed by atoms with Crippen molar-refractivity contribution < 1.29 is 18.0 Å². The van der Waals surface area contributed by atoms with Gasteiger partial charge >= 0.3 is 6.18 Å². The Morgan fingerprint density at radius 1 is 1.00 bits per heavy atom. The van der Waals surface area contributed by atoms with Gasteiger partial charge in [0.15, 0.2) is 0 Å². The predicted molar refractivity (Wildman–Crippen MR) is 112 cm³/mol. The molecule has 3 rings (SSSR count). The lowest BCUT2D eigenvalue weighted by Gasteiger charge is -2.13. The van der Waals surface area contributed by atoms with Gasteiger partial charge in [-0.3, -0.25) is 4.79 Å². The molecule has 2 N–H and O–H groups in total. The predicted octanol–water partition coefficient (Wildman–Crippen LogP) is 5.78. The third-order valence-electron chi connectivity index (χ3n) is 5.33. The number of halogens is 3. The zero-order valence-electron chi connectivity index (χ0n) is 17.1. The highest BCUT2D eigenvalue weighted by atomic mass is 19.4. The van der Waals surface area contributed by atoms with Crippen molar-refractivity contribution in [2.24, 2.45) is 5.73 Å². The van der Waals surface area contributed by atoms with Crippen LogP contribution >= 0.6 is 0 Å². The number of primary amides is 1. The van der Waals surface area contributed by atoms with Gasteiger partial charge in [0.1, 0.15) is 0 Å². The van der Waals surface area contributed by atoms with Crippen LogP contribution in [0.25, 0.3) is 11.1 Å². The largest absolute Gasteiger partial charge is 0.416 e. The number of hydrogen-bond acceptors (Lipinski definition) is 1. The summed E-state index contributed by atoms with van der Waals surface area (Å²) in [5.74, 6) is -0.571. The lowest BCUT2D eigenvalue weighted by atomic mass is 9.97. The number of aryl methyl sites for hydroxylation is 1. The standard InChI is InChI=1S/C24H25F3N2O/c1-3-7-20-22(18-10-12-19(13-11-18)24(25,26)27)21(23(28)30)16(2)29(20)15-14-17-8-5-4-6-9-17/h4-6,8-13H,3,7,14-15H2,1-2H3,(H2,28,30). The van der Waals surface area contributed by atoms with Crippen LogP contribution in [0.1, 0.15) is 46.2 Å². The first-order valence-electron chi connectivity index (χ1n) is 9.97. The first kappa shape index (κ1) is 21.7. The lowest BCUT2D eigenvalue weighted by Crippen LogP contribution is -2.14. The lowest BCUT2D eigenvalue weighted by molar-refractivity contribution is -0.137. The molecule has 6 heteroatoms. The van der Waals surface area contributed by atoms with Gasteiger partial charge in [-0.2, -0.15) is 13.2 Å². The molecule has 3 nitrogen and oxygen atoms in total. The van der Waals surface area contributed by atoms with Gasteiger partial charge in [-0.15, -0.1) is 0 Å². The molecular weight excluding hydrogens is 389 g/mol. The fourth-order valence-corrected chi connectivity index (χ4v) is 3.92. The van der Waals surface area contributed by atoms with Crippen LogP contribution < -0.4 is 5.73 Å². The van der Waals surface area contributed by atoms with E-state index in [0.29, 0.717) is 29.7 Å². The molecular formula is C24H25F3N2O. The van der Waals surface area contributed by atoms with Crippen molar-refractivity contribution in [1.29, 1.82) is 0 Å². The average molecular weight is 414 g/mol. The number of carbonyl (C=O) groups is 1.